The van der Waals surface area contributed by atoms with E-state index in [1.54, 1.807) is 0 Å². The molecule has 1 amide bonds. The number of hydrogen-bond donors (Lipinski definition) is 3. The van der Waals surface area contributed by atoms with Crippen LogP contribution in [0.2, 0.25) is 0 Å². The van der Waals surface area contributed by atoms with Crippen molar-refractivity contribution in [2.45, 2.75) is 19.9 Å². The second-order valence-electron chi connectivity index (χ2n) is 6.39. The van der Waals surface area contributed by atoms with Crippen molar-refractivity contribution >= 4 is 11.6 Å². The van der Waals surface area contributed by atoms with Crippen LogP contribution in [-0.2, 0) is 6.54 Å². The summed E-state index contributed by atoms with van der Waals surface area (Å²) in [4.78, 5) is 22.3. The highest BCUT2D eigenvalue weighted by Crippen LogP contribution is 2.18. The molecule has 0 spiro atoms. The third-order valence-corrected chi connectivity index (χ3v) is 4.51. The molecule has 1 saturated heterocycles. The zero-order chi connectivity index (χ0) is 16.9. The number of anilines is 1. The number of imidazole rings is 1. The maximum atomic E-state index is 12.4. The van der Waals surface area contributed by atoms with Crippen LogP contribution in [0.15, 0.2) is 30.5 Å². The highest BCUT2D eigenvalue weighted by molar-refractivity contribution is 5.99. The van der Waals surface area contributed by atoms with Crippen molar-refractivity contribution < 1.29 is 4.79 Å². The van der Waals surface area contributed by atoms with E-state index in [-0.39, 0.29) is 5.91 Å². The Kier molecular flexibility index (Phi) is 5.15. The minimum atomic E-state index is -0.0115. The van der Waals surface area contributed by atoms with Crippen LogP contribution >= 0.6 is 0 Å². The van der Waals surface area contributed by atoms with Gasteiger partial charge < -0.3 is 15.6 Å². The van der Waals surface area contributed by atoms with Gasteiger partial charge in [0.2, 0.25) is 0 Å². The number of amides is 1. The van der Waals surface area contributed by atoms with E-state index in [1.165, 1.54) is 0 Å². The maximum absolute atomic E-state index is 12.4. The Morgan fingerprint density at radius 3 is 3.00 bits per heavy atom. The molecule has 2 heterocycles. The first-order chi connectivity index (χ1) is 11.7. The summed E-state index contributed by atoms with van der Waals surface area (Å²) in [7, 11) is 1.83. The molecule has 0 saturated carbocycles. The molecule has 1 aromatic heterocycles. The van der Waals surface area contributed by atoms with Gasteiger partial charge in [0.05, 0.1) is 5.56 Å². The summed E-state index contributed by atoms with van der Waals surface area (Å²) in [6.45, 7) is 5.65. The summed E-state index contributed by atoms with van der Waals surface area (Å²) in [5, 5.41) is 6.14. The van der Waals surface area contributed by atoms with Crippen molar-refractivity contribution in [3.8, 4) is 0 Å². The average Bonchev–Trinajstić information content (AvgIpc) is 3.21. The number of carbonyl (C=O) groups is 1. The molecule has 6 nitrogen and oxygen atoms in total. The predicted molar refractivity (Wildman–Crippen MR) is 95.0 cm³/mol. The zero-order valence-corrected chi connectivity index (χ0v) is 14.3. The number of para-hydroxylation sites is 1. The topological polar surface area (TPSA) is 73.1 Å². The van der Waals surface area contributed by atoms with Crippen molar-refractivity contribution in [2.75, 3.05) is 32.0 Å². The number of carbonyl (C=O) groups excluding carboxylic acids is 1. The fourth-order valence-electron chi connectivity index (χ4n) is 3.25. The van der Waals surface area contributed by atoms with E-state index in [0.29, 0.717) is 11.5 Å². The van der Waals surface area contributed by atoms with Crippen molar-refractivity contribution in [1.82, 2.24) is 20.2 Å². The lowest BCUT2D eigenvalue weighted by Gasteiger charge is -2.16. The molecule has 2 aromatic rings. The molecule has 0 bridgehead atoms. The number of benzene rings is 1. The normalized spacial score (nSPS) is 17.8. The molecule has 0 aliphatic carbocycles. The van der Waals surface area contributed by atoms with Gasteiger partial charge in [0.1, 0.15) is 5.82 Å². The largest absolute Gasteiger partial charge is 0.387 e. The molecule has 1 atom stereocenters. The van der Waals surface area contributed by atoms with Gasteiger partial charge in [-0.15, -0.1) is 0 Å². The van der Waals surface area contributed by atoms with E-state index >= 15 is 0 Å². The second-order valence-corrected chi connectivity index (χ2v) is 6.39. The maximum Gasteiger partial charge on any atom is 0.253 e. The number of nitrogens with one attached hydrogen (secondary N) is 3. The number of aromatic nitrogens is 2. The summed E-state index contributed by atoms with van der Waals surface area (Å²) in [6.07, 6.45) is 3.01. The van der Waals surface area contributed by atoms with E-state index in [2.05, 4.69) is 25.5 Å². The van der Waals surface area contributed by atoms with Crippen LogP contribution in [-0.4, -0.2) is 47.5 Å². The molecule has 6 heteroatoms. The molecule has 1 aliphatic rings. The van der Waals surface area contributed by atoms with Gasteiger partial charge in [-0.25, -0.2) is 4.98 Å². The average molecular weight is 327 g/mol. The van der Waals surface area contributed by atoms with Gasteiger partial charge in [-0.05, 0) is 37.9 Å². The summed E-state index contributed by atoms with van der Waals surface area (Å²) >= 11 is 0. The molecule has 1 unspecified atom stereocenters. The number of hydrogen-bond acceptors (Lipinski definition) is 4. The molecule has 0 radical (unpaired) electrons. The molecule has 3 rings (SSSR count). The van der Waals surface area contributed by atoms with Crippen LogP contribution in [0.25, 0.3) is 0 Å². The van der Waals surface area contributed by atoms with Crippen LogP contribution < -0.4 is 10.6 Å². The van der Waals surface area contributed by atoms with Crippen molar-refractivity contribution in [3.63, 3.8) is 0 Å². The van der Waals surface area contributed by atoms with Gasteiger partial charge in [-0.3, -0.25) is 9.69 Å². The van der Waals surface area contributed by atoms with Crippen molar-refractivity contribution in [3.05, 3.63) is 47.5 Å². The Labute approximate surface area is 142 Å². The second kappa shape index (κ2) is 7.49. The van der Waals surface area contributed by atoms with Crippen LogP contribution in [0.3, 0.4) is 0 Å². The Balaban J connectivity index is 1.48. The summed E-state index contributed by atoms with van der Waals surface area (Å²) < 4.78 is 0. The smallest absolute Gasteiger partial charge is 0.253 e. The van der Waals surface area contributed by atoms with Crippen molar-refractivity contribution in [1.29, 1.82) is 0 Å². The van der Waals surface area contributed by atoms with Gasteiger partial charge in [-0.1, -0.05) is 12.1 Å². The summed E-state index contributed by atoms with van der Waals surface area (Å²) in [5.74, 6) is 1.44. The molecule has 128 valence electrons. The fourth-order valence-corrected chi connectivity index (χ4v) is 3.25. The highest BCUT2D eigenvalue weighted by atomic mass is 16.1. The SMILES string of the molecule is CNc1ccccc1C(=O)NCC1CCN(Cc2cnc(C)[nH]2)C1. The molecular formula is C18H25N5O. The van der Waals surface area contributed by atoms with Crippen molar-refractivity contribution in [2.24, 2.45) is 5.92 Å². The third kappa shape index (κ3) is 3.94. The predicted octanol–water partition coefficient (Wildman–Crippen LogP) is 2.01. The molecular weight excluding hydrogens is 302 g/mol. The number of H-pyrrole nitrogens is 1. The van der Waals surface area contributed by atoms with Gasteiger partial charge in [0.15, 0.2) is 0 Å². The standard InChI is InChI=1S/C18H25N5O/c1-13-20-10-15(22-13)12-23-8-7-14(11-23)9-21-18(24)16-5-3-4-6-17(16)19-2/h3-6,10,14,19H,7-9,11-12H2,1-2H3,(H,20,22)(H,21,24). The summed E-state index contributed by atoms with van der Waals surface area (Å²) in [6, 6.07) is 7.58. The van der Waals surface area contributed by atoms with E-state index in [9.17, 15) is 4.79 Å². The number of likely N-dealkylation sites (tertiary alicyclic amines) is 1. The zero-order valence-electron chi connectivity index (χ0n) is 14.3. The van der Waals surface area contributed by atoms with Gasteiger partial charge in [0.25, 0.3) is 5.91 Å². The fraction of sp³-hybridized carbons (Fsp3) is 0.444. The quantitative estimate of drug-likeness (QED) is 0.759. The van der Waals surface area contributed by atoms with Crippen LogP contribution in [0.5, 0.6) is 0 Å². The minimum Gasteiger partial charge on any atom is -0.387 e. The van der Waals surface area contributed by atoms with E-state index in [0.717, 1.165) is 49.8 Å². The van der Waals surface area contributed by atoms with Crippen LogP contribution in [0.4, 0.5) is 5.69 Å². The first kappa shape index (κ1) is 16.5. The first-order valence-electron chi connectivity index (χ1n) is 8.43. The molecule has 1 aromatic carbocycles. The van der Waals surface area contributed by atoms with Crippen LogP contribution in [0.1, 0.15) is 28.3 Å². The molecule has 24 heavy (non-hydrogen) atoms. The van der Waals surface area contributed by atoms with Gasteiger partial charge in [0, 0.05) is 44.3 Å². The highest BCUT2D eigenvalue weighted by Gasteiger charge is 2.23. The lowest BCUT2D eigenvalue weighted by Crippen LogP contribution is -2.31. The number of rotatable bonds is 6. The lowest BCUT2D eigenvalue weighted by atomic mass is 10.1. The van der Waals surface area contributed by atoms with Crippen LogP contribution in [0, 0.1) is 12.8 Å². The Morgan fingerprint density at radius 1 is 1.42 bits per heavy atom. The van der Waals surface area contributed by atoms with E-state index in [1.807, 2.05) is 44.4 Å². The molecule has 1 aliphatic heterocycles. The monoisotopic (exact) mass is 327 g/mol. The van der Waals surface area contributed by atoms with Gasteiger partial charge >= 0.3 is 0 Å². The van der Waals surface area contributed by atoms with E-state index in [4.69, 9.17) is 0 Å². The third-order valence-electron chi connectivity index (χ3n) is 4.51. The Morgan fingerprint density at radius 2 is 2.25 bits per heavy atom. The number of nitrogens with zero attached hydrogens (tertiary/aromatic N) is 2. The Hall–Kier alpha value is -2.34. The van der Waals surface area contributed by atoms with E-state index < -0.39 is 0 Å². The number of aromatic amines is 1. The van der Waals surface area contributed by atoms with Gasteiger partial charge in [-0.2, -0.15) is 0 Å². The molecule has 1 fully saturated rings. The number of aryl methyl sites for hydroxylation is 1. The summed E-state index contributed by atoms with van der Waals surface area (Å²) in [5.41, 5.74) is 2.71. The first-order valence-corrected chi connectivity index (χ1v) is 8.43. The lowest BCUT2D eigenvalue weighted by molar-refractivity contribution is 0.0948. The molecule has 3 N–H and O–H groups in total. The Bertz CT molecular complexity index is 696. The minimum absolute atomic E-state index is 0.0115.